The molecule has 2 bridgehead atoms. The molecule has 1 aromatic rings. The Morgan fingerprint density at radius 3 is 2.67 bits per heavy atom. The van der Waals surface area contributed by atoms with Gasteiger partial charge >= 0.3 is 22.4 Å². The number of amides is 2. The molecule has 1 saturated heterocycles. The summed E-state index contributed by atoms with van der Waals surface area (Å²) in [6, 6.07) is 2.22. The summed E-state index contributed by atoms with van der Waals surface area (Å²) in [5, 5.41) is 0.553. The zero-order valence-electron chi connectivity index (χ0n) is 14.8. The van der Waals surface area contributed by atoms with E-state index in [0.29, 0.717) is 28.5 Å². The van der Waals surface area contributed by atoms with Crippen LogP contribution in [0.3, 0.4) is 0 Å². The number of esters is 1. The van der Waals surface area contributed by atoms with Gasteiger partial charge in [0.05, 0.1) is 19.8 Å². The van der Waals surface area contributed by atoms with Gasteiger partial charge in [0.1, 0.15) is 11.8 Å². The predicted octanol–water partition coefficient (Wildman–Crippen LogP) is 1.61. The van der Waals surface area contributed by atoms with Crippen molar-refractivity contribution in [1.82, 2.24) is 9.96 Å². The normalized spacial score (nSPS) is 21.2. The summed E-state index contributed by atoms with van der Waals surface area (Å²) in [4.78, 5) is 26.2. The number of nitrogens with zero attached hydrogens (tertiary/aromatic N) is 2. The average Bonchev–Trinajstić information content (AvgIpc) is 2.86. The largest absolute Gasteiger partial charge is 0.494 e. The first kappa shape index (κ1) is 19.4. The molecule has 2 aliphatic heterocycles. The van der Waals surface area contributed by atoms with Crippen molar-refractivity contribution in [3.8, 4) is 5.75 Å². The molecule has 2 atom stereocenters. The Kier molecular flexibility index (Phi) is 5.27. The zero-order valence-corrected chi connectivity index (χ0v) is 15.6. The summed E-state index contributed by atoms with van der Waals surface area (Å²) in [6.07, 6.45) is 0.788. The van der Waals surface area contributed by atoms with Gasteiger partial charge in [0.15, 0.2) is 6.04 Å². The highest BCUT2D eigenvalue weighted by Gasteiger charge is 2.52. The van der Waals surface area contributed by atoms with Crippen LogP contribution in [0.5, 0.6) is 5.75 Å². The Balaban J connectivity index is 2.06. The summed E-state index contributed by atoms with van der Waals surface area (Å²) in [7, 11) is -4.92. The molecule has 10 nitrogen and oxygen atoms in total. The Morgan fingerprint density at radius 1 is 1.30 bits per heavy atom. The number of carbonyl (C=O) groups excluding carboxylic acids is 2. The molecular weight excluding hydrogens is 380 g/mol. The minimum Gasteiger partial charge on any atom is -0.494 e. The van der Waals surface area contributed by atoms with Gasteiger partial charge in [0.2, 0.25) is 0 Å². The van der Waals surface area contributed by atoms with E-state index in [1.165, 1.54) is 0 Å². The van der Waals surface area contributed by atoms with Gasteiger partial charge in [-0.2, -0.15) is 13.5 Å². The highest BCUT2D eigenvalue weighted by Crippen LogP contribution is 2.45. The molecule has 2 heterocycles. The molecule has 0 spiro atoms. The summed E-state index contributed by atoms with van der Waals surface area (Å²) in [5.41, 5.74) is 0.982. The van der Waals surface area contributed by atoms with Crippen LogP contribution in [0.1, 0.15) is 43.5 Å². The number of hydrogen-bond acceptors (Lipinski definition) is 7. The van der Waals surface area contributed by atoms with E-state index in [2.05, 4.69) is 4.28 Å². The Morgan fingerprint density at radius 2 is 2.04 bits per heavy atom. The fraction of sp³-hybridized carbons (Fsp3) is 0.500. The fourth-order valence-electron chi connectivity index (χ4n) is 3.27. The SMILES string of the molecule is CCCOc1ccc2c(c1)C1CN(C(=O)N1OS(=O)(=O)O)C2C(=O)OCC. The van der Waals surface area contributed by atoms with Crippen LogP contribution >= 0.6 is 0 Å². The van der Waals surface area contributed by atoms with Crippen LogP contribution in [0.4, 0.5) is 4.79 Å². The lowest BCUT2D eigenvalue weighted by Crippen LogP contribution is -2.39. The van der Waals surface area contributed by atoms with Crippen molar-refractivity contribution in [1.29, 1.82) is 0 Å². The van der Waals surface area contributed by atoms with Crippen LogP contribution in [0.25, 0.3) is 0 Å². The van der Waals surface area contributed by atoms with Gasteiger partial charge in [-0.15, -0.1) is 4.28 Å². The highest BCUT2D eigenvalue weighted by atomic mass is 32.3. The number of urea groups is 1. The molecule has 27 heavy (non-hydrogen) atoms. The maximum absolute atomic E-state index is 12.6. The van der Waals surface area contributed by atoms with Gasteiger partial charge in [0.25, 0.3) is 0 Å². The first-order chi connectivity index (χ1) is 12.8. The van der Waals surface area contributed by atoms with E-state index >= 15 is 0 Å². The van der Waals surface area contributed by atoms with Gasteiger partial charge in [-0.1, -0.05) is 13.0 Å². The standard InChI is InChI=1S/C16H20N2O8S/c1-3-7-25-10-5-6-11-12(8-10)13-9-17(14(11)15(19)24-4-2)16(20)18(13)26-27(21,22)23/h5-6,8,13-14H,3-4,7,9H2,1-2H3,(H,21,22,23). The second-order valence-electron chi connectivity index (χ2n) is 6.07. The number of benzene rings is 1. The Bertz CT molecular complexity index is 856. The minimum absolute atomic E-state index is 0.00205. The number of hydrogen-bond donors (Lipinski definition) is 1. The van der Waals surface area contributed by atoms with Crippen molar-refractivity contribution >= 4 is 22.4 Å². The third-order valence-electron chi connectivity index (χ3n) is 4.27. The Labute approximate surface area is 156 Å². The molecule has 2 amide bonds. The van der Waals surface area contributed by atoms with Crippen LogP contribution in [0.2, 0.25) is 0 Å². The molecular formula is C16H20N2O8S. The Hall–Kier alpha value is -2.37. The van der Waals surface area contributed by atoms with Crippen LogP contribution in [0.15, 0.2) is 18.2 Å². The summed E-state index contributed by atoms with van der Waals surface area (Å²) in [5.74, 6) is -0.126. The molecule has 2 unspecified atom stereocenters. The van der Waals surface area contributed by atoms with E-state index in [1.807, 2.05) is 6.92 Å². The summed E-state index contributed by atoms with van der Waals surface area (Å²) in [6.45, 7) is 4.19. The van der Waals surface area contributed by atoms with Gasteiger partial charge in [-0.25, -0.2) is 9.59 Å². The zero-order chi connectivity index (χ0) is 19.8. The maximum atomic E-state index is 12.6. The van der Waals surface area contributed by atoms with Crippen molar-refractivity contribution in [2.75, 3.05) is 19.8 Å². The van der Waals surface area contributed by atoms with E-state index in [4.69, 9.17) is 14.0 Å². The topological polar surface area (TPSA) is 123 Å². The molecule has 1 fully saturated rings. The summed E-state index contributed by atoms with van der Waals surface area (Å²) >= 11 is 0. The molecule has 0 saturated carbocycles. The van der Waals surface area contributed by atoms with Crippen LogP contribution in [-0.2, 0) is 24.2 Å². The molecule has 11 heteroatoms. The van der Waals surface area contributed by atoms with E-state index < -0.39 is 34.5 Å². The van der Waals surface area contributed by atoms with Crippen molar-refractivity contribution in [2.45, 2.75) is 32.4 Å². The number of carbonyl (C=O) groups is 2. The third-order valence-corrected chi connectivity index (χ3v) is 4.62. The monoisotopic (exact) mass is 400 g/mol. The second-order valence-corrected chi connectivity index (χ2v) is 7.08. The van der Waals surface area contributed by atoms with Crippen LogP contribution in [-0.4, -0.2) is 54.7 Å². The second kappa shape index (κ2) is 7.33. The molecule has 2 aliphatic rings. The van der Waals surface area contributed by atoms with Crippen LogP contribution in [0, 0.1) is 0 Å². The van der Waals surface area contributed by atoms with Gasteiger partial charge < -0.3 is 14.4 Å². The van der Waals surface area contributed by atoms with E-state index in [1.54, 1.807) is 25.1 Å². The highest BCUT2D eigenvalue weighted by molar-refractivity contribution is 7.80. The fourth-order valence-corrected chi connectivity index (χ4v) is 3.64. The van der Waals surface area contributed by atoms with Crippen LogP contribution < -0.4 is 4.74 Å². The number of hydroxylamine groups is 2. The van der Waals surface area contributed by atoms with E-state index in [-0.39, 0.29) is 13.2 Å². The first-order valence-corrected chi connectivity index (χ1v) is 9.83. The minimum atomic E-state index is -4.92. The van der Waals surface area contributed by atoms with E-state index in [9.17, 15) is 18.0 Å². The molecule has 0 aromatic heterocycles. The molecule has 1 N–H and O–H groups in total. The molecule has 148 valence electrons. The predicted molar refractivity (Wildman–Crippen MR) is 90.9 cm³/mol. The smallest absolute Gasteiger partial charge is 0.418 e. The quantitative estimate of drug-likeness (QED) is 0.541. The van der Waals surface area contributed by atoms with Crippen molar-refractivity contribution in [2.24, 2.45) is 0 Å². The van der Waals surface area contributed by atoms with E-state index in [0.717, 1.165) is 11.3 Å². The molecule has 0 aliphatic carbocycles. The number of ether oxygens (including phenoxy) is 2. The van der Waals surface area contributed by atoms with Crippen molar-refractivity contribution in [3.63, 3.8) is 0 Å². The van der Waals surface area contributed by atoms with Gasteiger partial charge in [0, 0.05) is 0 Å². The lowest BCUT2D eigenvalue weighted by atomic mass is 9.91. The van der Waals surface area contributed by atoms with Crippen molar-refractivity contribution < 1.29 is 36.3 Å². The lowest BCUT2D eigenvalue weighted by Gasteiger charge is -2.31. The van der Waals surface area contributed by atoms with Gasteiger partial charge in [-0.3, -0.25) is 4.55 Å². The van der Waals surface area contributed by atoms with Gasteiger partial charge in [-0.05, 0) is 36.6 Å². The third kappa shape index (κ3) is 3.70. The average molecular weight is 400 g/mol. The first-order valence-electron chi connectivity index (χ1n) is 8.47. The lowest BCUT2D eigenvalue weighted by molar-refractivity contribution is -0.148. The van der Waals surface area contributed by atoms with Crippen molar-refractivity contribution in [3.05, 3.63) is 29.3 Å². The number of rotatable bonds is 7. The molecule has 3 rings (SSSR count). The number of fused-ring (bicyclic) bond motifs is 4. The maximum Gasteiger partial charge on any atom is 0.418 e. The summed E-state index contributed by atoms with van der Waals surface area (Å²) < 4.78 is 46.5. The molecule has 0 radical (unpaired) electrons. The molecule has 1 aromatic carbocycles.